The van der Waals surface area contributed by atoms with E-state index in [1.807, 2.05) is 153 Å². The van der Waals surface area contributed by atoms with E-state index in [0.717, 1.165) is 70.7 Å². The van der Waals surface area contributed by atoms with E-state index >= 15 is 0 Å². The van der Waals surface area contributed by atoms with Crippen molar-refractivity contribution in [2.75, 3.05) is 33.0 Å². The lowest BCUT2D eigenvalue weighted by Gasteiger charge is -2.18. The number of aromatic hydroxyl groups is 1. The highest BCUT2D eigenvalue weighted by Gasteiger charge is 2.21. The van der Waals surface area contributed by atoms with Gasteiger partial charge in [-0.2, -0.15) is 0 Å². The SMILES string of the molecule is C.C.C.CCOC(=O)CC(c1ccccc1)c1ccc(O)cc1.CCOC(=O)CC(c1ccccc1)c1ccc(OC[C@@H](C)CC)cc1.CC[C@H](C)CO.CC[C@H](C)COc1ccc(C(CC(=O)O)c2ccccc2)cc1.[B].[B].[B]. The number of ether oxygens (including phenoxy) is 4. The molecule has 431 valence electrons. The van der Waals surface area contributed by atoms with E-state index in [1.54, 1.807) is 19.1 Å². The van der Waals surface area contributed by atoms with Crippen LogP contribution in [0.5, 0.6) is 17.2 Å². The Labute approximate surface area is 488 Å². The van der Waals surface area contributed by atoms with Crippen LogP contribution in [-0.4, -0.2) is 91.5 Å². The molecule has 6 atom stereocenters. The van der Waals surface area contributed by atoms with Crippen LogP contribution < -0.4 is 9.47 Å². The molecule has 6 aromatic carbocycles. The molecule has 0 spiro atoms. The molecule has 0 fully saturated rings. The van der Waals surface area contributed by atoms with Crippen molar-refractivity contribution in [1.82, 2.24) is 0 Å². The van der Waals surface area contributed by atoms with Crippen LogP contribution in [0.3, 0.4) is 0 Å². The lowest BCUT2D eigenvalue weighted by atomic mass is 9.88. The van der Waals surface area contributed by atoms with E-state index in [4.69, 9.17) is 24.1 Å². The van der Waals surface area contributed by atoms with E-state index in [1.165, 1.54) is 0 Å². The van der Waals surface area contributed by atoms with Gasteiger partial charge < -0.3 is 34.3 Å². The lowest BCUT2D eigenvalue weighted by Crippen LogP contribution is -2.12. The summed E-state index contributed by atoms with van der Waals surface area (Å²) in [6.45, 7) is 18.9. The first-order valence-electron chi connectivity index (χ1n) is 26.3. The highest BCUT2D eigenvalue weighted by Crippen LogP contribution is 2.32. The summed E-state index contributed by atoms with van der Waals surface area (Å²) < 4.78 is 21.8. The molecule has 9 radical (unpaired) electrons. The van der Waals surface area contributed by atoms with E-state index in [-0.39, 0.29) is 89.4 Å². The number of aliphatic carboxylic acids is 1. The number of carboxylic acids is 1. The normalized spacial score (nSPS) is 12.0. The number of phenolic OH excluding ortho intramolecular Hbond substituents is 1. The molecule has 0 aliphatic heterocycles. The van der Waals surface area contributed by atoms with Gasteiger partial charge in [-0.25, -0.2) is 0 Å². The fraction of sp³-hybridized carbons (Fsp3) is 0.418. The van der Waals surface area contributed by atoms with Crippen LogP contribution in [0.1, 0.15) is 167 Å². The molecule has 0 aromatic heterocycles. The summed E-state index contributed by atoms with van der Waals surface area (Å²) in [5, 5.41) is 26.9. The smallest absolute Gasteiger partial charge is 0.306 e. The van der Waals surface area contributed by atoms with E-state index in [0.29, 0.717) is 57.0 Å². The Kier molecular flexibility index (Phi) is 45.9. The van der Waals surface area contributed by atoms with Gasteiger partial charge in [0.2, 0.25) is 0 Å². The molecule has 0 aliphatic rings. The Bertz CT molecular complexity index is 2420. The average Bonchev–Trinajstić information content (AvgIpc) is 3.43. The highest BCUT2D eigenvalue weighted by molar-refractivity contribution is 5.76. The zero-order valence-electron chi connectivity index (χ0n) is 46.8. The Balaban J connectivity index is -0.000000498. The Morgan fingerprint density at radius 3 is 0.938 bits per heavy atom. The molecule has 80 heavy (non-hydrogen) atoms. The first-order chi connectivity index (χ1) is 35.7. The summed E-state index contributed by atoms with van der Waals surface area (Å²) in [6, 6.07) is 52.5. The number of esters is 2. The van der Waals surface area contributed by atoms with Gasteiger partial charge in [0, 0.05) is 49.6 Å². The summed E-state index contributed by atoms with van der Waals surface area (Å²) >= 11 is 0. The van der Waals surface area contributed by atoms with Gasteiger partial charge in [0.1, 0.15) is 17.2 Å². The minimum Gasteiger partial charge on any atom is -0.508 e. The molecule has 0 amide bonds. The predicted octanol–water partition coefficient (Wildman–Crippen LogP) is 15.2. The first-order valence-corrected chi connectivity index (χ1v) is 26.3. The van der Waals surface area contributed by atoms with Crippen LogP contribution >= 0.6 is 0 Å². The molecule has 3 unspecified atom stereocenters. The first kappa shape index (κ1) is 79.8. The van der Waals surface area contributed by atoms with E-state index in [9.17, 15) is 24.6 Å². The number of benzene rings is 6. The lowest BCUT2D eigenvalue weighted by molar-refractivity contribution is -0.144. The zero-order chi connectivity index (χ0) is 54.1. The fourth-order valence-corrected chi connectivity index (χ4v) is 7.43. The van der Waals surface area contributed by atoms with Crippen molar-refractivity contribution < 1.29 is 48.7 Å². The van der Waals surface area contributed by atoms with Gasteiger partial charge in [0.15, 0.2) is 0 Å². The molecule has 0 saturated carbocycles. The number of hydrogen-bond acceptors (Lipinski definition) is 9. The Hall–Kier alpha value is -6.72. The summed E-state index contributed by atoms with van der Waals surface area (Å²) in [5.41, 5.74) is 6.27. The van der Waals surface area contributed by atoms with Crippen molar-refractivity contribution in [2.24, 2.45) is 17.8 Å². The predicted molar refractivity (Wildman–Crippen MR) is 334 cm³/mol. The standard InChI is InChI=1S/C22H28O3.C20H24O3.C17H18O3.C5H12O.3CH4.3B/c1-4-17(3)16-25-20-13-11-19(12-14-20)21(15-22(23)24-5-2)18-9-7-6-8-10-18;1-3-15(2)14-23-18-11-9-17(10-12-18)19(13-20(21)22)16-7-5-4-6-8-16;1-2-20-17(19)12-16(13-6-4-3-5-7-13)14-8-10-15(18)11-9-14;1-3-5(2)4-6;;;;;;/h6-14,17,21H,4-5,15-16H2,1-3H3;4-12,15,19H,3,13-14H2,1-2H3,(H,21,22);3-11,16,18H,2,12H2,1H3;5-6H,3-4H2,1-2H3;3*1H4;;;/t17-,21?;15-,19?;;5-;;;;;;/m00.0....../s1. The largest absolute Gasteiger partial charge is 0.508 e. The van der Waals surface area contributed by atoms with Crippen LogP contribution in [0.4, 0.5) is 0 Å². The van der Waals surface area contributed by atoms with Crippen LogP contribution in [0.25, 0.3) is 0 Å². The summed E-state index contributed by atoms with van der Waals surface area (Å²) in [7, 11) is 0. The quantitative estimate of drug-likeness (QED) is 0.0395. The summed E-state index contributed by atoms with van der Waals surface area (Å²) in [4.78, 5) is 35.0. The Morgan fingerprint density at radius 1 is 0.412 bits per heavy atom. The van der Waals surface area contributed by atoms with Gasteiger partial charge in [-0.3, -0.25) is 14.4 Å². The van der Waals surface area contributed by atoms with Crippen molar-refractivity contribution in [3.05, 3.63) is 197 Å². The fourth-order valence-electron chi connectivity index (χ4n) is 7.43. The van der Waals surface area contributed by atoms with E-state index in [2.05, 4.69) is 46.8 Å². The number of phenols is 1. The van der Waals surface area contributed by atoms with Crippen molar-refractivity contribution in [3.8, 4) is 17.2 Å². The molecule has 0 bridgehead atoms. The molecular weight excluding hydrogens is 997 g/mol. The molecule has 6 aromatic rings. The minimum absolute atomic E-state index is 0. The Morgan fingerprint density at radius 2 is 0.688 bits per heavy atom. The number of carbonyl (C=O) groups excluding carboxylic acids is 2. The van der Waals surface area contributed by atoms with Crippen LogP contribution in [-0.2, 0) is 23.9 Å². The monoisotopic (exact) mass is 1090 g/mol. The average molecular weight is 1090 g/mol. The minimum atomic E-state index is -0.795. The van der Waals surface area contributed by atoms with Crippen molar-refractivity contribution >= 4 is 43.1 Å². The maximum atomic E-state index is 12.0. The summed E-state index contributed by atoms with van der Waals surface area (Å²) in [6.07, 6.45) is 3.99. The van der Waals surface area contributed by atoms with Gasteiger partial charge in [-0.15, -0.1) is 0 Å². The molecule has 13 heteroatoms. The number of carbonyl (C=O) groups is 3. The van der Waals surface area contributed by atoms with Crippen LogP contribution in [0, 0.1) is 17.8 Å². The molecule has 0 aliphatic carbocycles. The van der Waals surface area contributed by atoms with Gasteiger partial charge in [0.25, 0.3) is 0 Å². The van der Waals surface area contributed by atoms with Crippen molar-refractivity contribution in [1.29, 1.82) is 0 Å². The third-order valence-electron chi connectivity index (χ3n) is 12.7. The van der Waals surface area contributed by atoms with E-state index < -0.39 is 5.97 Å². The molecule has 0 heterocycles. The summed E-state index contributed by atoms with van der Waals surface area (Å²) in [5.74, 6) is 2.08. The van der Waals surface area contributed by atoms with Gasteiger partial charge >= 0.3 is 17.9 Å². The molecule has 10 nitrogen and oxygen atoms in total. The number of aliphatic hydroxyl groups is 1. The second-order valence-corrected chi connectivity index (χ2v) is 18.6. The molecule has 3 N–H and O–H groups in total. The second kappa shape index (κ2) is 46.1. The molecule has 6 rings (SSSR count). The van der Waals surface area contributed by atoms with Crippen molar-refractivity contribution in [2.45, 2.75) is 134 Å². The third kappa shape index (κ3) is 30.6. The third-order valence-corrected chi connectivity index (χ3v) is 12.7. The highest BCUT2D eigenvalue weighted by atomic mass is 16.5. The van der Waals surface area contributed by atoms with Gasteiger partial charge in [0.05, 0.1) is 45.7 Å². The maximum Gasteiger partial charge on any atom is 0.306 e. The van der Waals surface area contributed by atoms with Gasteiger partial charge in [-0.1, -0.05) is 210 Å². The van der Waals surface area contributed by atoms with Crippen LogP contribution in [0.2, 0.25) is 0 Å². The zero-order valence-corrected chi connectivity index (χ0v) is 46.8. The van der Waals surface area contributed by atoms with Crippen molar-refractivity contribution in [3.63, 3.8) is 0 Å². The maximum absolute atomic E-state index is 12.0. The topological polar surface area (TPSA) is 149 Å². The van der Waals surface area contributed by atoms with Crippen LogP contribution in [0.15, 0.2) is 164 Å². The molecule has 0 saturated heterocycles. The number of aliphatic hydroxyl groups excluding tert-OH is 1. The number of hydrogen-bond donors (Lipinski definition) is 3. The molecular formula is C67H94B3O10. The second-order valence-electron chi connectivity index (χ2n) is 18.6. The number of carboxylic acid groups (broad SMARTS) is 1. The number of rotatable bonds is 24. The van der Waals surface area contributed by atoms with Gasteiger partial charge in [-0.05, 0) is 101 Å².